The molecule has 0 saturated carbocycles. The summed E-state index contributed by atoms with van der Waals surface area (Å²) in [5.41, 5.74) is 3.12. The molecule has 2 amide bonds. The molecule has 0 spiro atoms. The summed E-state index contributed by atoms with van der Waals surface area (Å²) in [5.74, 6) is 1.23. The Labute approximate surface area is 208 Å². The van der Waals surface area contributed by atoms with Crippen LogP contribution in [-0.4, -0.2) is 33.1 Å². The summed E-state index contributed by atoms with van der Waals surface area (Å²) in [6.07, 6.45) is 1.89. The Kier molecular flexibility index (Phi) is 7.31. The second-order valence-electron chi connectivity index (χ2n) is 7.75. The van der Waals surface area contributed by atoms with Crippen molar-refractivity contribution >= 4 is 41.0 Å². The SMILES string of the molecule is COc1cc(C2SC(=Cc3ccccc3)C(=O)N2c2ccc(NC(C)=O)cc2)cc(OC)c1OC. The fourth-order valence-corrected chi connectivity index (χ4v) is 5.11. The lowest BCUT2D eigenvalue weighted by molar-refractivity contribution is -0.115. The van der Waals surface area contributed by atoms with Gasteiger partial charge >= 0.3 is 0 Å². The van der Waals surface area contributed by atoms with Gasteiger partial charge in [-0.3, -0.25) is 14.5 Å². The topological polar surface area (TPSA) is 77.1 Å². The third-order valence-corrected chi connectivity index (χ3v) is 6.69. The Morgan fingerprint density at radius 1 is 0.943 bits per heavy atom. The van der Waals surface area contributed by atoms with E-state index in [0.29, 0.717) is 33.5 Å². The van der Waals surface area contributed by atoms with E-state index in [0.717, 1.165) is 11.1 Å². The molecule has 3 aromatic rings. The van der Waals surface area contributed by atoms with Crippen LogP contribution in [0.4, 0.5) is 11.4 Å². The minimum Gasteiger partial charge on any atom is -0.493 e. The lowest BCUT2D eigenvalue weighted by Crippen LogP contribution is -2.27. The zero-order valence-electron chi connectivity index (χ0n) is 19.9. The monoisotopic (exact) mass is 490 g/mol. The highest BCUT2D eigenvalue weighted by atomic mass is 32.2. The number of carbonyl (C=O) groups excluding carboxylic acids is 2. The zero-order chi connectivity index (χ0) is 24.9. The summed E-state index contributed by atoms with van der Waals surface area (Å²) in [5, 5.41) is 2.38. The molecule has 8 heteroatoms. The second kappa shape index (κ2) is 10.6. The first-order valence-electron chi connectivity index (χ1n) is 10.9. The molecule has 0 aliphatic carbocycles. The summed E-state index contributed by atoms with van der Waals surface area (Å²) in [7, 11) is 4.68. The number of methoxy groups -OCH3 is 3. The van der Waals surface area contributed by atoms with E-state index >= 15 is 0 Å². The van der Waals surface area contributed by atoms with Crippen LogP contribution in [0.3, 0.4) is 0 Å². The number of ether oxygens (including phenoxy) is 3. The fraction of sp³-hybridized carbons (Fsp3) is 0.185. The molecule has 1 saturated heterocycles. The van der Waals surface area contributed by atoms with Crippen molar-refractivity contribution in [2.45, 2.75) is 12.3 Å². The molecule has 1 N–H and O–H groups in total. The predicted octanol–water partition coefficient (Wildman–Crippen LogP) is 5.49. The van der Waals surface area contributed by atoms with Gasteiger partial charge in [-0.05, 0) is 53.6 Å². The van der Waals surface area contributed by atoms with Gasteiger partial charge in [0.2, 0.25) is 11.7 Å². The molecule has 1 atom stereocenters. The number of anilines is 2. The first kappa shape index (κ1) is 24.2. The molecule has 1 fully saturated rings. The number of carbonyl (C=O) groups is 2. The first-order valence-corrected chi connectivity index (χ1v) is 11.8. The van der Waals surface area contributed by atoms with E-state index in [1.54, 1.807) is 38.4 Å². The number of rotatable bonds is 7. The second-order valence-corrected chi connectivity index (χ2v) is 8.87. The van der Waals surface area contributed by atoms with Crippen LogP contribution < -0.4 is 24.4 Å². The van der Waals surface area contributed by atoms with Gasteiger partial charge in [-0.25, -0.2) is 0 Å². The summed E-state index contributed by atoms with van der Waals surface area (Å²) in [6, 6.07) is 20.6. The standard InChI is InChI=1S/C27H26N2O5S/c1-17(30)28-20-10-12-21(13-11-20)29-26(31)24(14-18-8-6-5-7-9-18)35-27(29)19-15-22(32-2)25(34-4)23(16-19)33-3/h5-16,27H,1-4H3,(H,28,30). The normalized spacial score (nSPS) is 16.3. The number of amides is 2. The number of hydrogen-bond donors (Lipinski definition) is 1. The Bertz CT molecular complexity index is 1230. The third kappa shape index (κ3) is 5.12. The van der Waals surface area contributed by atoms with Crippen LogP contribution in [-0.2, 0) is 9.59 Å². The molecule has 1 aliphatic rings. The van der Waals surface area contributed by atoms with E-state index in [4.69, 9.17) is 14.2 Å². The van der Waals surface area contributed by atoms with E-state index < -0.39 is 0 Å². The van der Waals surface area contributed by atoms with Gasteiger partial charge in [-0.15, -0.1) is 0 Å². The van der Waals surface area contributed by atoms with Gasteiger partial charge in [-0.1, -0.05) is 42.1 Å². The van der Waals surface area contributed by atoms with Gasteiger partial charge < -0.3 is 19.5 Å². The van der Waals surface area contributed by atoms with Crippen molar-refractivity contribution in [2.75, 3.05) is 31.5 Å². The summed E-state index contributed by atoms with van der Waals surface area (Å²) >= 11 is 1.45. The average molecular weight is 491 g/mol. The van der Waals surface area contributed by atoms with Gasteiger partial charge in [0, 0.05) is 18.3 Å². The van der Waals surface area contributed by atoms with Crippen molar-refractivity contribution in [2.24, 2.45) is 0 Å². The minimum atomic E-state index is -0.377. The van der Waals surface area contributed by atoms with Gasteiger partial charge in [-0.2, -0.15) is 0 Å². The molecule has 1 unspecified atom stereocenters. The molecule has 7 nitrogen and oxygen atoms in total. The number of nitrogens with zero attached hydrogens (tertiary/aromatic N) is 1. The van der Waals surface area contributed by atoms with Gasteiger partial charge in [0.15, 0.2) is 11.5 Å². The number of thioether (sulfide) groups is 1. The van der Waals surface area contributed by atoms with Crippen LogP contribution >= 0.6 is 11.8 Å². The maximum atomic E-state index is 13.7. The van der Waals surface area contributed by atoms with Crippen LogP contribution in [0.2, 0.25) is 0 Å². The average Bonchev–Trinajstić information content (AvgIpc) is 3.19. The van der Waals surface area contributed by atoms with E-state index in [1.165, 1.54) is 18.7 Å². The van der Waals surface area contributed by atoms with Gasteiger partial charge in [0.25, 0.3) is 5.91 Å². The van der Waals surface area contributed by atoms with Crippen LogP contribution in [0.1, 0.15) is 23.4 Å². The van der Waals surface area contributed by atoms with Crippen molar-refractivity contribution in [1.82, 2.24) is 0 Å². The molecule has 1 aliphatic heterocycles. The maximum Gasteiger partial charge on any atom is 0.266 e. The largest absolute Gasteiger partial charge is 0.493 e. The molecular weight excluding hydrogens is 464 g/mol. The molecule has 0 radical (unpaired) electrons. The highest BCUT2D eigenvalue weighted by Crippen LogP contribution is 2.51. The van der Waals surface area contributed by atoms with Crippen LogP contribution in [0.5, 0.6) is 17.2 Å². The highest BCUT2D eigenvalue weighted by Gasteiger charge is 2.39. The Balaban J connectivity index is 1.80. The van der Waals surface area contributed by atoms with E-state index in [2.05, 4.69) is 5.32 Å². The molecule has 0 aromatic heterocycles. The van der Waals surface area contributed by atoms with Crippen molar-refractivity contribution in [1.29, 1.82) is 0 Å². The van der Waals surface area contributed by atoms with Crippen molar-refractivity contribution < 1.29 is 23.8 Å². The molecule has 1 heterocycles. The Morgan fingerprint density at radius 3 is 2.11 bits per heavy atom. The van der Waals surface area contributed by atoms with Crippen molar-refractivity contribution in [3.8, 4) is 17.2 Å². The smallest absolute Gasteiger partial charge is 0.266 e. The van der Waals surface area contributed by atoms with Gasteiger partial charge in [0.1, 0.15) is 5.37 Å². The number of benzene rings is 3. The summed E-state index contributed by atoms with van der Waals surface area (Å²) < 4.78 is 16.6. The number of hydrogen-bond acceptors (Lipinski definition) is 6. The quantitative estimate of drug-likeness (QED) is 0.441. The van der Waals surface area contributed by atoms with Crippen LogP contribution in [0.15, 0.2) is 71.6 Å². The fourth-order valence-electron chi connectivity index (χ4n) is 3.87. The van der Waals surface area contributed by atoms with E-state index in [1.807, 2.05) is 60.7 Å². The van der Waals surface area contributed by atoms with Crippen molar-refractivity contribution in [3.63, 3.8) is 0 Å². The van der Waals surface area contributed by atoms with E-state index in [9.17, 15) is 9.59 Å². The Hall–Kier alpha value is -3.91. The molecule has 35 heavy (non-hydrogen) atoms. The highest BCUT2D eigenvalue weighted by molar-refractivity contribution is 8.05. The molecule has 180 valence electrons. The number of nitrogens with one attached hydrogen (secondary N) is 1. The lowest BCUT2D eigenvalue weighted by Gasteiger charge is -2.25. The zero-order valence-corrected chi connectivity index (χ0v) is 20.7. The molecular formula is C27H26N2O5S. The summed E-state index contributed by atoms with van der Waals surface area (Å²) in [4.78, 5) is 27.4. The van der Waals surface area contributed by atoms with Crippen molar-refractivity contribution in [3.05, 3.63) is 82.8 Å². The molecule has 4 rings (SSSR count). The predicted molar refractivity (Wildman–Crippen MR) is 139 cm³/mol. The van der Waals surface area contributed by atoms with Crippen LogP contribution in [0, 0.1) is 0 Å². The summed E-state index contributed by atoms with van der Waals surface area (Å²) in [6.45, 7) is 1.45. The molecule has 3 aromatic carbocycles. The lowest BCUT2D eigenvalue weighted by atomic mass is 10.1. The molecule has 0 bridgehead atoms. The minimum absolute atomic E-state index is 0.120. The maximum absolute atomic E-state index is 13.7. The third-order valence-electron chi connectivity index (χ3n) is 5.44. The van der Waals surface area contributed by atoms with E-state index in [-0.39, 0.29) is 17.2 Å². The van der Waals surface area contributed by atoms with Gasteiger partial charge in [0.05, 0.1) is 26.2 Å². The van der Waals surface area contributed by atoms with Crippen LogP contribution in [0.25, 0.3) is 6.08 Å². The first-order chi connectivity index (χ1) is 16.9. The Morgan fingerprint density at radius 2 is 1.57 bits per heavy atom.